The Hall–Kier alpha value is -3.07. The van der Waals surface area contributed by atoms with Gasteiger partial charge >= 0.3 is 5.97 Å². The summed E-state index contributed by atoms with van der Waals surface area (Å²) < 4.78 is 11.3. The summed E-state index contributed by atoms with van der Waals surface area (Å²) in [5, 5.41) is 36.0. The lowest BCUT2D eigenvalue weighted by Gasteiger charge is -2.20. The summed E-state index contributed by atoms with van der Waals surface area (Å²) in [5.74, 6) is -0.257. The van der Waals surface area contributed by atoms with Gasteiger partial charge in [-0.05, 0) is 79.6 Å². The van der Waals surface area contributed by atoms with Gasteiger partial charge in [-0.1, -0.05) is 64.2 Å². The molecule has 1 heterocycles. The SMILES string of the molecule is CC(C)(O)c1onc(-c2c(Cl)cccc2Cl)c1C(O)Oc1ccc(C2CC2c2ccc(C(=O)O)cc2)c(Cl)c1. The Morgan fingerprint density at radius 2 is 1.69 bits per heavy atom. The highest BCUT2D eigenvalue weighted by atomic mass is 35.5. The van der Waals surface area contributed by atoms with E-state index in [1.807, 2.05) is 18.2 Å². The van der Waals surface area contributed by atoms with Crippen LogP contribution in [0.25, 0.3) is 11.3 Å². The number of rotatable bonds is 8. The van der Waals surface area contributed by atoms with Crippen LogP contribution < -0.4 is 4.74 Å². The van der Waals surface area contributed by atoms with Gasteiger partial charge in [0.1, 0.15) is 17.0 Å². The molecule has 4 aromatic rings. The molecule has 1 aliphatic rings. The fourth-order valence-electron chi connectivity index (χ4n) is 4.72. The van der Waals surface area contributed by atoms with Crippen molar-refractivity contribution in [2.24, 2.45) is 0 Å². The summed E-state index contributed by atoms with van der Waals surface area (Å²) >= 11 is 19.4. The second-order valence-corrected chi connectivity index (χ2v) is 11.2. The summed E-state index contributed by atoms with van der Waals surface area (Å²) in [5.41, 5.74) is 1.30. The Kier molecular flexibility index (Phi) is 7.39. The molecule has 10 heteroatoms. The van der Waals surface area contributed by atoms with Gasteiger partial charge in [-0.25, -0.2) is 4.79 Å². The van der Waals surface area contributed by atoms with E-state index in [0.29, 0.717) is 16.3 Å². The molecule has 0 amide bonds. The van der Waals surface area contributed by atoms with E-state index in [4.69, 9.17) is 49.2 Å². The van der Waals surface area contributed by atoms with E-state index < -0.39 is 17.9 Å². The molecule has 0 saturated heterocycles. The number of aliphatic hydroxyl groups excluding tert-OH is 1. The number of hydrogen-bond donors (Lipinski definition) is 3. The van der Waals surface area contributed by atoms with Gasteiger partial charge in [-0.2, -0.15) is 0 Å². The number of ether oxygens (including phenoxy) is 1. The average molecular weight is 589 g/mol. The topological polar surface area (TPSA) is 113 Å². The van der Waals surface area contributed by atoms with E-state index in [1.165, 1.54) is 13.8 Å². The van der Waals surface area contributed by atoms with Gasteiger partial charge in [0.15, 0.2) is 5.76 Å². The van der Waals surface area contributed by atoms with E-state index in [2.05, 4.69) is 5.16 Å². The fraction of sp³-hybridized carbons (Fsp3) is 0.241. The van der Waals surface area contributed by atoms with Crippen LogP contribution in [0.1, 0.15) is 71.2 Å². The molecule has 3 unspecified atom stereocenters. The van der Waals surface area contributed by atoms with E-state index in [1.54, 1.807) is 42.5 Å². The lowest BCUT2D eigenvalue weighted by Crippen LogP contribution is -2.20. The second-order valence-electron chi connectivity index (χ2n) is 9.96. The van der Waals surface area contributed by atoms with Crippen molar-refractivity contribution < 1.29 is 29.4 Å². The smallest absolute Gasteiger partial charge is 0.335 e. The van der Waals surface area contributed by atoms with Crippen LogP contribution in [-0.2, 0) is 5.60 Å². The Morgan fingerprint density at radius 3 is 2.28 bits per heavy atom. The molecule has 1 aromatic heterocycles. The number of aromatic carboxylic acids is 1. The van der Waals surface area contributed by atoms with Crippen molar-refractivity contribution in [3.8, 4) is 17.0 Å². The van der Waals surface area contributed by atoms with Crippen LogP contribution in [0, 0.1) is 0 Å². The van der Waals surface area contributed by atoms with E-state index >= 15 is 0 Å². The highest BCUT2D eigenvalue weighted by Gasteiger charge is 2.41. The molecule has 1 aliphatic carbocycles. The quantitative estimate of drug-likeness (QED) is 0.182. The second kappa shape index (κ2) is 10.5. The summed E-state index contributed by atoms with van der Waals surface area (Å²) in [6.45, 7) is 2.99. The number of aromatic nitrogens is 1. The standard InChI is InChI=1S/C29H24Cl3NO6/c1-29(2,37)26-24(25(33-39-26)23-20(30)4-3-5-21(23)31)28(36)38-16-10-11-17(22(32)12-16)19-13-18(19)14-6-8-15(9-7-14)27(34)35/h3-12,18-19,28,36-37H,13H2,1-2H3,(H,34,35). The number of benzene rings is 3. The molecule has 0 bridgehead atoms. The third-order valence-electron chi connectivity index (χ3n) is 6.73. The number of aliphatic hydroxyl groups is 2. The first-order valence-electron chi connectivity index (χ1n) is 12.1. The molecule has 0 radical (unpaired) electrons. The van der Waals surface area contributed by atoms with Gasteiger partial charge in [-0.15, -0.1) is 0 Å². The molecular formula is C29H24Cl3NO6. The minimum absolute atomic E-state index is 0.00144. The summed E-state index contributed by atoms with van der Waals surface area (Å²) in [4.78, 5) is 11.1. The van der Waals surface area contributed by atoms with Crippen molar-refractivity contribution in [3.05, 3.63) is 104 Å². The van der Waals surface area contributed by atoms with Crippen molar-refractivity contribution in [1.29, 1.82) is 0 Å². The Balaban J connectivity index is 1.39. The van der Waals surface area contributed by atoms with Gasteiger partial charge in [-0.3, -0.25) is 0 Å². The average Bonchev–Trinajstić information content (AvgIpc) is 3.52. The maximum atomic E-state index is 11.2. The van der Waals surface area contributed by atoms with Gasteiger partial charge in [0, 0.05) is 10.6 Å². The van der Waals surface area contributed by atoms with Crippen molar-refractivity contribution >= 4 is 40.8 Å². The molecule has 3 atom stereocenters. The zero-order valence-corrected chi connectivity index (χ0v) is 23.1. The predicted molar refractivity (Wildman–Crippen MR) is 148 cm³/mol. The van der Waals surface area contributed by atoms with Crippen LogP contribution in [0.2, 0.25) is 15.1 Å². The first-order valence-corrected chi connectivity index (χ1v) is 13.2. The molecule has 3 N–H and O–H groups in total. The minimum Gasteiger partial charge on any atom is -0.478 e. The lowest BCUT2D eigenvalue weighted by atomic mass is 9.97. The van der Waals surface area contributed by atoms with Crippen molar-refractivity contribution in [1.82, 2.24) is 5.16 Å². The maximum absolute atomic E-state index is 11.2. The first kappa shape index (κ1) is 27.5. The monoisotopic (exact) mass is 587 g/mol. The molecule has 1 saturated carbocycles. The van der Waals surface area contributed by atoms with Crippen molar-refractivity contribution in [2.45, 2.75) is 44.0 Å². The molecule has 5 rings (SSSR count). The van der Waals surface area contributed by atoms with Gasteiger partial charge in [0.25, 0.3) is 0 Å². The number of halogens is 3. The third-order valence-corrected chi connectivity index (χ3v) is 7.68. The van der Waals surface area contributed by atoms with E-state index in [9.17, 15) is 15.0 Å². The molecule has 202 valence electrons. The van der Waals surface area contributed by atoms with Crippen LogP contribution in [0.3, 0.4) is 0 Å². The predicted octanol–water partition coefficient (Wildman–Crippen LogP) is 7.57. The number of nitrogens with zero attached hydrogens (tertiary/aromatic N) is 1. The molecule has 7 nitrogen and oxygen atoms in total. The van der Waals surface area contributed by atoms with Crippen molar-refractivity contribution in [3.63, 3.8) is 0 Å². The van der Waals surface area contributed by atoms with Crippen LogP contribution in [0.5, 0.6) is 5.75 Å². The Labute approximate surface area is 239 Å². The molecule has 0 spiro atoms. The van der Waals surface area contributed by atoms with E-state index in [0.717, 1.165) is 17.5 Å². The van der Waals surface area contributed by atoms with E-state index in [-0.39, 0.29) is 44.5 Å². The van der Waals surface area contributed by atoms with Crippen LogP contribution in [0.4, 0.5) is 0 Å². The highest BCUT2D eigenvalue weighted by Crippen LogP contribution is 2.56. The number of carboxylic acids is 1. The maximum Gasteiger partial charge on any atom is 0.335 e. The van der Waals surface area contributed by atoms with Crippen LogP contribution in [-0.4, -0.2) is 26.4 Å². The molecule has 0 aliphatic heterocycles. The van der Waals surface area contributed by atoms with Gasteiger partial charge in [0.05, 0.1) is 21.2 Å². The molecule has 39 heavy (non-hydrogen) atoms. The Morgan fingerprint density at radius 1 is 1.03 bits per heavy atom. The first-order chi connectivity index (χ1) is 18.5. The zero-order chi connectivity index (χ0) is 28.1. The van der Waals surface area contributed by atoms with Crippen LogP contribution >= 0.6 is 34.8 Å². The van der Waals surface area contributed by atoms with Crippen molar-refractivity contribution in [2.75, 3.05) is 0 Å². The normalized spacial score (nSPS) is 17.6. The van der Waals surface area contributed by atoms with Crippen LogP contribution in [0.15, 0.2) is 65.2 Å². The number of hydrogen-bond acceptors (Lipinski definition) is 6. The lowest BCUT2D eigenvalue weighted by molar-refractivity contribution is -0.0276. The minimum atomic E-state index is -1.59. The summed E-state index contributed by atoms with van der Waals surface area (Å²) in [7, 11) is 0. The van der Waals surface area contributed by atoms with Gasteiger partial charge < -0.3 is 24.6 Å². The highest BCUT2D eigenvalue weighted by molar-refractivity contribution is 6.39. The molecule has 1 fully saturated rings. The van der Waals surface area contributed by atoms with Gasteiger partial charge in [0.2, 0.25) is 6.29 Å². The summed E-state index contributed by atoms with van der Waals surface area (Å²) in [6.07, 6.45) is -0.713. The number of carboxylic acid groups (broad SMARTS) is 1. The summed E-state index contributed by atoms with van der Waals surface area (Å²) in [6, 6.07) is 17.0. The largest absolute Gasteiger partial charge is 0.478 e. The fourth-order valence-corrected chi connectivity index (χ4v) is 5.61. The third kappa shape index (κ3) is 5.51. The molecular weight excluding hydrogens is 565 g/mol. The Bertz CT molecular complexity index is 1520. The zero-order valence-electron chi connectivity index (χ0n) is 20.9. The number of carbonyl (C=O) groups is 1. The molecule has 3 aromatic carbocycles.